The van der Waals surface area contributed by atoms with E-state index in [0.29, 0.717) is 30.5 Å². The Kier molecular flexibility index (Phi) is 5.71. The van der Waals surface area contributed by atoms with Crippen LogP contribution in [0.1, 0.15) is 53.3 Å². The lowest BCUT2D eigenvalue weighted by atomic mass is 10.1. The van der Waals surface area contributed by atoms with Gasteiger partial charge in [-0.2, -0.15) is 0 Å². The summed E-state index contributed by atoms with van der Waals surface area (Å²) in [5.41, 5.74) is 0.854. The van der Waals surface area contributed by atoms with Gasteiger partial charge < -0.3 is 5.32 Å². The monoisotopic (exact) mass is 366 g/mol. The zero-order valence-electron chi connectivity index (χ0n) is 12.5. The smallest absolute Gasteiger partial charge is 0.261 e. The van der Waals surface area contributed by atoms with Gasteiger partial charge in [-0.3, -0.25) is 19.3 Å². The van der Waals surface area contributed by atoms with Crippen LogP contribution in [0, 0.1) is 0 Å². The number of nitrogens with one attached hydrogen (secondary N) is 1. The lowest BCUT2D eigenvalue weighted by molar-refractivity contribution is -0.121. The lowest BCUT2D eigenvalue weighted by Crippen LogP contribution is -2.32. The van der Waals surface area contributed by atoms with Crippen LogP contribution < -0.4 is 5.32 Å². The molecule has 0 fully saturated rings. The van der Waals surface area contributed by atoms with Crippen molar-refractivity contribution in [2.24, 2.45) is 0 Å². The fourth-order valence-electron chi connectivity index (χ4n) is 2.36. The summed E-state index contributed by atoms with van der Waals surface area (Å²) in [6.07, 6.45) is 2.79. The first-order valence-electron chi connectivity index (χ1n) is 7.47. The molecule has 0 aliphatic carbocycles. The Morgan fingerprint density at radius 2 is 1.91 bits per heavy atom. The van der Waals surface area contributed by atoms with E-state index in [4.69, 9.17) is 0 Å². The van der Waals surface area contributed by atoms with Crippen molar-refractivity contribution in [2.45, 2.75) is 32.6 Å². The summed E-state index contributed by atoms with van der Waals surface area (Å²) in [4.78, 5) is 37.3. The molecule has 1 aromatic carbocycles. The molecule has 1 aromatic rings. The van der Waals surface area contributed by atoms with Crippen LogP contribution >= 0.6 is 15.9 Å². The summed E-state index contributed by atoms with van der Waals surface area (Å²) >= 11 is 3.30. The highest BCUT2D eigenvalue weighted by atomic mass is 79.9. The van der Waals surface area contributed by atoms with Gasteiger partial charge in [0.2, 0.25) is 5.91 Å². The molecule has 0 spiro atoms. The molecule has 5 nitrogen and oxygen atoms in total. The van der Waals surface area contributed by atoms with Crippen LogP contribution in [-0.2, 0) is 4.79 Å². The van der Waals surface area contributed by atoms with E-state index in [0.717, 1.165) is 17.3 Å². The maximum Gasteiger partial charge on any atom is 0.261 e. The molecule has 6 heteroatoms. The second-order valence-corrected chi connectivity index (χ2v) is 6.17. The summed E-state index contributed by atoms with van der Waals surface area (Å²) in [5, 5.41) is 2.82. The SMILES string of the molecule is CCCCNC(=O)CCCN1C(=O)c2ccc(Br)cc2C1=O. The van der Waals surface area contributed by atoms with E-state index in [1.54, 1.807) is 18.2 Å². The molecule has 1 aliphatic rings. The Morgan fingerprint density at radius 3 is 2.64 bits per heavy atom. The first-order chi connectivity index (χ1) is 10.5. The van der Waals surface area contributed by atoms with Crippen molar-refractivity contribution in [1.82, 2.24) is 10.2 Å². The minimum Gasteiger partial charge on any atom is -0.356 e. The second-order valence-electron chi connectivity index (χ2n) is 5.26. The molecule has 1 N–H and O–H groups in total. The van der Waals surface area contributed by atoms with Gasteiger partial charge in [0, 0.05) is 24.0 Å². The first-order valence-corrected chi connectivity index (χ1v) is 8.26. The van der Waals surface area contributed by atoms with E-state index >= 15 is 0 Å². The van der Waals surface area contributed by atoms with Crippen LogP contribution in [0.5, 0.6) is 0 Å². The minimum atomic E-state index is -0.285. The van der Waals surface area contributed by atoms with Crippen LogP contribution in [0.3, 0.4) is 0 Å². The molecular weight excluding hydrogens is 348 g/mol. The van der Waals surface area contributed by atoms with Crippen molar-refractivity contribution in [3.05, 3.63) is 33.8 Å². The van der Waals surface area contributed by atoms with Gasteiger partial charge in [0.25, 0.3) is 11.8 Å². The van der Waals surface area contributed by atoms with E-state index < -0.39 is 0 Å². The average Bonchev–Trinajstić information content (AvgIpc) is 2.72. The molecule has 3 amide bonds. The average molecular weight is 367 g/mol. The number of fused-ring (bicyclic) bond motifs is 1. The Bertz CT molecular complexity index is 601. The Labute approximate surface area is 138 Å². The minimum absolute atomic E-state index is 0.0344. The van der Waals surface area contributed by atoms with Crippen LogP contribution in [-0.4, -0.2) is 35.7 Å². The number of carbonyl (C=O) groups excluding carboxylic acids is 3. The van der Waals surface area contributed by atoms with Crippen LogP contribution in [0.2, 0.25) is 0 Å². The quantitative estimate of drug-likeness (QED) is 0.595. The molecule has 118 valence electrons. The molecule has 0 saturated carbocycles. The molecule has 0 unspecified atom stereocenters. The third-order valence-corrected chi connectivity index (χ3v) is 4.06. The van der Waals surface area contributed by atoms with Gasteiger partial charge in [-0.25, -0.2) is 0 Å². The number of imide groups is 1. The van der Waals surface area contributed by atoms with Gasteiger partial charge >= 0.3 is 0 Å². The molecule has 1 aliphatic heterocycles. The summed E-state index contributed by atoms with van der Waals surface area (Å²) in [6, 6.07) is 5.05. The standard InChI is InChI=1S/C16H19BrN2O3/c1-2-3-8-18-14(20)5-4-9-19-15(21)12-7-6-11(17)10-13(12)16(19)22/h6-7,10H,2-5,8-9H2,1H3,(H,18,20). The highest BCUT2D eigenvalue weighted by molar-refractivity contribution is 9.10. The summed E-state index contributed by atoms with van der Waals surface area (Å²) in [5.74, 6) is -0.598. The van der Waals surface area contributed by atoms with E-state index in [9.17, 15) is 14.4 Å². The fraction of sp³-hybridized carbons (Fsp3) is 0.438. The molecule has 0 bridgehead atoms. The first kappa shape index (κ1) is 16.7. The molecule has 0 radical (unpaired) electrons. The van der Waals surface area contributed by atoms with Crippen molar-refractivity contribution in [3.8, 4) is 0 Å². The van der Waals surface area contributed by atoms with Crippen LogP contribution in [0.4, 0.5) is 0 Å². The second kappa shape index (κ2) is 7.54. The number of rotatable bonds is 7. The van der Waals surface area contributed by atoms with Crippen molar-refractivity contribution in [3.63, 3.8) is 0 Å². The number of benzene rings is 1. The number of hydrogen-bond donors (Lipinski definition) is 1. The number of hydrogen-bond acceptors (Lipinski definition) is 3. The number of carbonyl (C=O) groups is 3. The maximum absolute atomic E-state index is 12.2. The van der Waals surface area contributed by atoms with E-state index in [-0.39, 0.29) is 24.3 Å². The highest BCUT2D eigenvalue weighted by Gasteiger charge is 2.35. The molecule has 0 atom stereocenters. The van der Waals surface area contributed by atoms with Crippen LogP contribution in [0.15, 0.2) is 22.7 Å². The molecule has 2 rings (SSSR count). The maximum atomic E-state index is 12.2. The van der Waals surface area contributed by atoms with Crippen molar-refractivity contribution >= 4 is 33.7 Å². The topological polar surface area (TPSA) is 66.5 Å². The van der Waals surface area contributed by atoms with Crippen molar-refractivity contribution < 1.29 is 14.4 Å². The van der Waals surface area contributed by atoms with E-state index in [1.165, 1.54) is 4.90 Å². The predicted molar refractivity (Wildman–Crippen MR) is 86.7 cm³/mol. The molecule has 1 heterocycles. The third kappa shape index (κ3) is 3.74. The number of nitrogens with zero attached hydrogens (tertiary/aromatic N) is 1. The van der Waals surface area contributed by atoms with E-state index in [2.05, 4.69) is 28.2 Å². The molecule has 0 aromatic heterocycles. The predicted octanol–water partition coefficient (Wildman–Crippen LogP) is 2.74. The van der Waals surface area contributed by atoms with Gasteiger partial charge in [0.1, 0.15) is 0 Å². The Balaban J connectivity index is 1.86. The summed E-state index contributed by atoms with van der Waals surface area (Å²) in [7, 11) is 0. The van der Waals surface area contributed by atoms with Gasteiger partial charge in [-0.15, -0.1) is 0 Å². The number of unbranched alkanes of at least 4 members (excludes halogenated alkanes) is 1. The molecule has 0 saturated heterocycles. The van der Waals surface area contributed by atoms with Gasteiger partial charge in [-0.1, -0.05) is 29.3 Å². The zero-order chi connectivity index (χ0) is 16.1. The molecule has 22 heavy (non-hydrogen) atoms. The normalized spacial score (nSPS) is 13.5. The van der Waals surface area contributed by atoms with Gasteiger partial charge in [-0.05, 0) is 31.0 Å². The van der Waals surface area contributed by atoms with E-state index in [1.807, 2.05) is 0 Å². The zero-order valence-corrected chi connectivity index (χ0v) is 14.1. The number of amides is 3. The number of halogens is 1. The van der Waals surface area contributed by atoms with Crippen molar-refractivity contribution in [2.75, 3.05) is 13.1 Å². The Hall–Kier alpha value is -1.69. The molecular formula is C16H19BrN2O3. The largest absolute Gasteiger partial charge is 0.356 e. The van der Waals surface area contributed by atoms with Gasteiger partial charge in [0.05, 0.1) is 11.1 Å². The highest BCUT2D eigenvalue weighted by Crippen LogP contribution is 2.26. The lowest BCUT2D eigenvalue weighted by Gasteiger charge is -2.13. The van der Waals surface area contributed by atoms with Crippen molar-refractivity contribution in [1.29, 1.82) is 0 Å². The van der Waals surface area contributed by atoms with Crippen LogP contribution in [0.25, 0.3) is 0 Å². The summed E-state index contributed by atoms with van der Waals surface area (Å²) in [6.45, 7) is 3.01. The Morgan fingerprint density at radius 1 is 1.18 bits per heavy atom. The fourth-order valence-corrected chi connectivity index (χ4v) is 2.72. The third-order valence-electron chi connectivity index (χ3n) is 3.57. The summed E-state index contributed by atoms with van der Waals surface area (Å²) < 4.78 is 0.768. The van der Waals surface area contributed by atoms with Gasteiger partial charge in [0.15, 0.2) is 0 Å².